The van der Waals surface area contributed by atoms with Crippen LogP contribution in [0.4, 0.5) is 0 Å². The van der Waals surface area contributed by atoms with Gasteiger partial charge < -0.3 is 0 Å². The third kappa shape index (κ3) is 7.89. The highest BCUT2D eigenvalue weighted by molar-refractivity contribution is 9.11. The van der Waals surface area contributed by atoms with Crippen LogP contribution in [0, 0.1) is 13.8 Å². The highest BCUT2D eigenvalue weighted by Gasteiger charge is 2.16. The number of hydrogen-bond acceptors (Lipinski definition) is 0. The number of benzene rings is 5. The van der Waals surface area contributed by atoms with Gasteiger partial charge in [-0.1, -0.05) is 148 Å². The molecule has 5 aromatic rings. The lowest BCUT2D eigenvalue weighted by Crippen LogP contribution is -1.97. The molecule has 0 unspecified atom stereocenters. The van der Waals surface area contributed by atoms with Crippen molar-refractivity contribution in [3.63, 3.8) is 0 Å². The van der Waals surface area contributed by atoms with E-state index >= 15 is 0 Å². The molecule has 5 aromatic carbocycles. The molecule has 0 spiro atoms. The van der Waals surface area contributed by atoms with Gasteiger partial charge in [0.1, 0.15) is 0 Å². The maximum atomic E-state index is 3.57. The first-order chi connectivity index (χ1) is 18.3. The van der Waals surface area contributed by atoms with Gasteiger partial charge in [0.25, 0.3) is 0 Å². The molecule has 0 heterocycles. The lowest BCUT2D eigenvalue weighted by molar-refractivity contribution is 1.40. The van der Waals surface area contributed by atoms with Gasteiger partial charge in [0.2, 0.25) is 0 Å². The quantitative estimate of drug-likeness (QED) is 0.160. The van der Waals surface area contributed by atoms with Crippen LogP contribution in [0.15, 0.2) is 139 Å². The number of rotatable bonds is 4. The van der Waals surface area contributed by atoms with Crippen LogP contribution in [0.25, 0.3) is 11.1 Å². The summed E-state index contributed by atoms with van der Waals surface area (Å²) in [6.07, 6.45) is 0. The third-order valence-electron chi connectivity index (χ3n) is 6.00. The van der Waals surface area contributed by atoms with E-state index in [0.717, 1.165) is 17.9 Å². The summed E-state index contributed by atoms with van der Waals surface area (Å²) < 4.78 is 4.26. The summed E-state index contributed by atoms with van der Waals surface area (Å²) in [6.45, 7) is 4.19. The fourth-order valence-electron chi connectivity index (χ4n) is 4.01. The largest absolute Gasteiger partial charge is 0.0591 e. The standard InChI is InChI=1S/C26H16Br4.C8H10/c27-21-9-1-17(2-10-21)25(18-3-11-22(28)12-4-18)26(19-5-13-23(29)14-6-19)20-7-15-24(30)16-8-20;1-7-3-5-8(2)6-4-7/h1-16H;3-6H,1-2H3. The minimum atomic E-state index is 1.07. The Labute approximate surface area is 259 Å². The van der Waals surface area contributed by atoms with Crippen LogP contribution in [0.1, 0.15) is 33.4 Å². The normalized spacial score (nSPS) is 10.4. The first kappa shape index (κ1) is 28.8. The molecule has 5 rings (SSSR count). The van der Waals surface area contributed by atoms with E-state index in [4.69, 9.17) is 0 Å². The SMILES string of the molecule is Brc1ccc(C(=C(c2ccc(Br)cc2)c2ccc(Br)cc2)c2ccc(Br)cc2)cc1.Cc1ccc(C)cc1. The van der Waals surface area contributed by atoms with Crippen LogP contribution in [-0.2, 0) is 0 Å². The third-order valence-corrected chi connectivity index (χ3v) is 8.11. The van der Waals surface area contributed by atoms with Crippen LogP contribution >= 0.6 is 63.7 Å². The van der Waals surface area contributed by atoms with Crippen molar-refractivity contribution >= 4 is 74.9 Å². The summed E-state index contributed by atoms with van der Waals surface area (Å²) in [5.74, 6) is 0. The molecule has 0 fully saturated rings. The lowest BCUT2D eigenvalue weighted by atomic mass is 9.86. The second-order valence-electron chi connectivity index (χ2n) is 8.93. The Balaban J connectivity index is 0.000000360. The van der Waals surface area contributed by atoms with E-state index in [1.54, 1.807) is 0 Å². The Hall–Kier alpha value is -2.24. The van der Waals surface area contributed by atoms with Crippen molar-refractivity contribution < 1.29 is 0 Å². The summed E-state index contributed by atoms with van der Waals surface area (Å²) >= 11 is 14.3. The van der Waals surface area contributed by atoms with Crippen LogP contribution in [-0.4, -0.2) is 0 Å². The average Bonchev–Trinajstić information content (AvgIpc) is 2.92. The van der Waals surface area contributed by atoms with Crippen LogP contribution in [0.2, 0.25) is 0 Å². The second-order valence-corrected chi connectivity index (χ2v) is 12.6. The van der Waals surface area contributed by atoms with E-state index in [-0.39, 0.29) is 0 Å². The van der Waals surface area contributed by atoms with Crippen molar-refractivity contribution in [2.45, 2.75) is 13.8 Å². The molecule has 0 aliphatic rings. The average molecular weight is 754 g/mol. The topological polar surface area (TPSA) is 0 Å². The zero-order chi connectivity index (χ0) is 27.1. The smallest absolute Gasteiger partial charge is 0.0175 e. The van der Waals surface area contributed by atoms with Crippen LogP contribution in [0.5, 0.6) is 0 Å². The summed E-state index contributed by atoms with van der Waals surface area (Å²) in [6, 6.07) is 42.5. The Morgan fingerprint density at radius 2 is 0.500 bits per heavy atom. The highest BCUT2D eigenvalue weighted by atomic mass is 79.9. The molecule has 0 saturated carbocycles. The molecule has 0 aliphatic carbocycles. The molecule has 0 radical (unpaired) electrons. The maximum Gasteiger partial charge on any atom is 0.0175 e. The van der Waals surface area contributed by atoms with E-state index in [0.29, 0.717) is 0 Å². The number of halogens is 4. The first-order valence-corrected chi connectivity index (χ1v) is 15.3. The van der Waals surface area contributed by atoms with Gasteiger partial charge in [0, 0.05) is 17.9 Å². The van der Waals surface area contributed by atoms with Gasteiger partial charge in [-0.05, 0) is 95.8 Å². The fourth-order valence-corrected chi connectivity index (χ4v) is 5.07. The predicted octanol–water partition coefficient (Wildman–Crippen LogP) is 12.0. The molecule has 0 bridgehead atoms. The van der Waals surface area contributed by atoms with Gasteiger partial charge in [-0.2, -0.15) is 0 Å². The minimum absolute atomic E-state index is 1.07. The summed E-state index contributed by atoms with van der Waals surface area (Å²) in [5, 5.41) is 0. The monoisotopic (exact) mass is 750 g/mol. The zero-order valence-corrected chi connectivity index (χ0v) is 27.4. The lowest BCUT2D eigenvalue weighted by Gasteiger charge is -2.18. The fraction of sp³-hybridized carbons (Fsp3) is 0.0588. The molecular weight excluding hydrogens is 728 g/mol. The van der Waals surface area contributed by atoms with Crippen LogP contribution in [0.3, 0.4) is 0 Å². The van der Waals surface area contributed by atoms with Crippen molar-refractivity contribution in [2.24, 2.45) is 0 Å². The number of aryl methyl sites for hydroxylation is 2. The Morgan fingerprint density at radius 1 is 0.316 bits per heavy atom. The predicted molar refractivity (Wildman–Crippen MR) is 178 cm³/mol. The van der Waals surface area contributed by atoms with Crippen molar-refractivity contribution in [1.29, 1.82) is 0 Å². The molecule has 0 amide bonds. The van der Waals surface area contributed by atoms with E-state index < -0.39 is 0 Å². The van der Waals surface area contributed by atoms with Gasteiger partial charge >= 0.3 is 0 Å². The summed E-state index contributed by atoms with van der Waals surface area (Å²) in [7, 11) is 0. The summed E-state index contributed by atoms with van der Waals surface area (Å²) in [4.78, 5) is 0. The highest BCUT2D eigenvalue weighted by Crippen LogP contribution is 2.38. The van der Waals surface area contributed by atoms with Crippen LogP contribution < -0.4 is 0 Å². The Bertz CT molecular complexity index is 1280. The molecular formula is C34H26Br4. The van der Waals surface area contributed by atoms with Gasteiger partial charge in [-0.25, -0.2) is 0 Å². The van der Waals surface area contributed by atoms with Crippen molar-refractivity contribution in [2.75, 3.05) is 0 Å². The summed E-state index contributed by atoms with van der Waals surface area (Å²) in [5.41, 5.74) is 9.72. The van der Waals surface area contributed by atoms with Gasteiger partial charge in [0.15, 0.2) is 0 Å². The molecule has 0 aliphatic heterocycles. The van der Waals surface area contributed by atoms with Crippen molar-refractivity contribution in [1.82, 2.24) is 0 Å². The Morgan fingerprint density at radius 3 is 0.684 bits per heavy atom. The molecule has 0 N–H and O–H groups in total. The first-order valence-electron chi connectivity index (χ1n) is 12.1. The van der Waals surface area contributed by atoms with Crippen molar-refractivity contribution in [3.05, 3.63) is 173 Å². The Kier molecular flexibility index (Phi) is 10.4. The van der Waals surface area contributed by atoms with E-state index in [1.165, 1.54) is 44.5 Å². The second kappa shape index (κ2) is 13.7. The van der Waals surface area contributed by atoms with Gasteiger partial charge in [-0.15, -0.1) is 0 Å². The molecule has 0 atom stereocenters. The van der Waals surface area contributed by atoms with Gasteiger partial charge in [-0.3, -0.25) is 0 Å². The molecule has 38 heavy (non-hydrogen) atoms. The maximum absolute atomic E-state index is 3.57. The number of hydrogen-bond donors (Lipinski definition) is 0. The molecule has 0 aromatic heterocycles. The molecule has 0 saturated heterocycles. The van der Waals surface area contributed by atoms with E-state index in [1.807, 2.05) is 0 Å². The molecule has 190 valence electrons. The van der Waals surface area contributed by atoms with Crippen molar-refractivity contribution in [3.8, 4) is 0 Å². The van der Waals surface area contributed by atoms with Gasteiger partial charge in [0.05, 0.1) is 0 Å². The molecule has 4 heteroatoms. The minimum Gasteiger partial charge on any atom is -0.0591 e. The van der Waals surface area contributed by atoms with E-state index in [9.17, 15) is 0 Å². The zero-order valence-electron chi connectivity index (χ0n) is 21.1. The molecule has 0 nitrogen and oxygen atoms in total. The van der Waals surface area contributed by atoms with E-state index in [2.05, 4.69) is 199 Å².